The first-order valence-corrected chi connectivity index (χ1v) is 11.2. The van der Waals surface area contributed by atoms with E-state index in [0.717, 1.165) is 9.87 Å². The van der Waals surface area contributed by atoms with Gasteiger partial charge in [-0.3, -0.25) is 9.59 Å². The first kappa shape index (κ1) is 24.1. The highest BCUT2D eigenvalue weighted by atomic mass is 35.5. The van der Waals surface area contributed by atoms with Crippen LogP contribution in [0.5, 0.6) is 0 Å². The number of hydrogen-bond donors (Lipinski definition) is 1. The second-order valence-corrected chi connectivity index (χ2v) is 9.57. The molecule has 10 heteroatoms. The van der Waals surface area contributed by atoms with Crippen molar-refractivity contribution in [2.24, 2.45) is 0 Å². The summed E-state index contributed by atoms with van der Waals surface area (Å²) < 4.78 is 26.5. The maximum Gasteiger partial charge on any atom is 0.243 e. The zero-order valence-electron chi connectivity index (χ0n) is 16.8. The van der Waals surface area contributed by atoms with Crippen LogP contribution < -0.4 is 5.32 Å². The molecule has 0 unspecified atom stereocenters. The summed E-state index contributed by atoms with van der Waals surface area (Å²) in [6.07, 6.45) is 0. The van der Waals surface area contributed by atoms with Gasteiger partial charge in [-0.1, -0.05) is 35.3 Å². The Bertz CT molecular complexity index is 996. The van der Waals surface area contributed by atoms with Crippen molar-refractivity contribution < 1.29 is 18.0 Å². The molecule has 0 fully saturated rings. The second-order valence-electron chi connectivity index (χ2n) is 6.65. The van der Waals surface area contributed by atoms with Crippen molar-refractivity contribution in [1.29, 1.82) is 0 Å². The van der Waals surface area contributed by atoms with Gasteiger partial charge in [-0.25, -0.2) is 8.42 Å². The van der Waals surface area contributed by atoms with Gasteiger partial charge in [0, 0.05) is 30.7 Å². The van der Waals surface area contributed by atoms with Crippen LogP contribution in [0.25, 0.3) is 0 Å². The van der Waals surface area contributed by atoms with Crippen molar-refractivity contribution in [2.75, 3.05) is 20.6 Å². The van der Waals surface area contributed by atoms with Crippen LogP contribution in [-0.2, 0) is 26.2 Å². The number of sulfonamides is 1. The quantitative estimate of drug-likeness (QED) is 0.640. The molecular weight excluding hydrogens is 449 g/mol. The first-order chi connectivity index (χ1) is 14.1. The largest absolute Gasteiger partial charge is 0.357 e. The maximum atomic E-state index is 13.0. The van der Waals surface area contributed by atoms with Crippen molar-refractivity contribution in [3.8, 4) is 0 Å². The molecule has 0 saturated heterocycles. The number of carbonyl (C=O) groups is 2. The molecule has 2 rings (SSSR count). The van der Waals surface area contributed by atoms with Gasteiger partial charge in [0.2, 0.25) is 21.8 Å². The molecule has 162 valence electrons. The minimum Gasteiger partial charge on any atom is -0.357 e. The van der Waals surface area contributed by atoms with E-state index < -0.39 is 28.5 Å². The standard InChI is InChI=1S/C20H23Cl2N3O4S/c1-14(20(27)23-2)25(12-15-4-6-16(21)7-5-15)19(26)13-24(3)30(28,29)18-10-8-17(22)9-11-18/h4-11,14H,12-13H2,1-3H3,(H,23,27)/t14-/m1/s1. The summed E-state index contributed by atoms with van der Waals surface area (Å²) in [6.45, 7) is 1.28. The third kappa shape index (κ3) is 5.95. The lowest BCUT2D eigenvalue weighted by atomic mass is 10.1. The number of nitrogens with one attached hydrogen (secondary N) is 1. The number of nitrogens with zero attached hydrogens (tertiary/aromatic N) is 2. The minimum atomic E-state index is -3.91. The Morgan fingerprint density at radius 1 is 1.00 bits per heavy atom. The van der Waals surface area contributed by atoms with E-state index in [1.165, 1.54) is 43.3 Å². The summed E-state index contributed by atoms with van der Waals surface area (Å²) in [7, 11) is -1.12. The molecule has 0 heterocycles. The number of carbonyl (C=O) groups excluding carboxylic acids is 2. The molecule has 7 nitrogen and oxygen atoms in total. The smallest absolute Gasteiger partial charge is 0.243 e. The number of amides is 2. The van der Waals surface area contributed by atoms with Gasteiger partial charge in [0.25, 0.3) is 0 Å². The van der Waals surface area contributed by atoms with Gasteiger partial charge < -0.3 is 10.2 Å². The van der Waals surface area contributed by atoms with E-state index in [-0.39, 0.29) is 17.3 Å². The second kappa shape index (κ2) is 10.3. The van der Waals surface area contributed by atoms with Gasteiger partial charge in [0.15, 0.2) is 0 Å². The Kier molecular flexibility index (Phi) is 8.25. The van der Waals surface area contributed by atoms with Crippen molar-refractivity contribution in [1.82, 2.24) is 14.5 Å². The fraction of sp³-hybridized carbons (Fsp3) is 0.300. The topological polar surface area (TPSA) is 86.8 Å². The number of benzene rings is 2. The fourth-order valence-electron chi connectivity index (χ4n) is 2.73. The predicted octanol–water partition coefficient (Wildman–Crippen LogP) is 2.78. The van der Waals surface area contributed by atoms with E-state index in [0.29, 0.717) is 10.0 Å². The molecule has 2 aromatic carbocycles. The average Bonchev–Trinajstić information content (AvgIpc) is 2.72. The monoisotopic (exact) mass is 471 g/mol. The zero-order chi connectivity index (χ0) is 22.5. The lowest BCUT2D eigenvalue weighted by Crippen LogP contribution is -2.50. The molecule has 0 bridgehead atoms. The van der Waals surface area contributed by atoms with Gasteiger partial charge in [0.05, 0.1) is 11.4 Å². The summed E-state index contributed by atoms with van der Waals surface area (Å²) in [6, 6.07) is 11.7. The van der Waals surface area contributed by atoms with Gasteiger partial charge in [-0.15, -0.1) is 0 Å². The van der Waals surface area contributed by atoms with E-state index in [2.05, 4.69) is 5.32 Å². The average molecular weight is 472 g/mol. The minimum absolute atomic E-state index is 0.0193. The predicted molar refractivity (Wildman–Crippen MR) is 117 cm³/mol. The molecule has 0 aliphatic rings. The SMILES string of the molecule is CNC(=O)[C@@H](C)N(Cc1ccc(Cl)cc1)C(=O)CN(C)S(=O)(=O)c1ccc(Cl)cc1. The van der Waals surface area contributed by atoms with E-state index in [1.54, 1.807) is 31.2 Å². The van der Waals surface area contributed by atoms with Crippen molar-refractivity contribution in [2.45, 2.75) is 24.4 Å². The van der Waals surface area contributed by atoms with Crippen LogP contribution in [0, 0.1) is 0 Å². The summed E-state index contributed by atoms with van der Waals surface area (Å²) >= 11 is 11.7. The maximum absolute atomic E-state index is 13.0. The lowest BCUT2D eigenvalue weighted by molar-refractivity contribution is -0.140. The summed E-state index contributed by atoms with van der Waals surface area (Å²) in [5.41, 5.74) is 0.756. The highest BCUT2D eigenvalue weighted by Gasteiger charge is 2.29. The van der Waals surface area contributed by atoms with E-state index >= 15 is 0 Å². The Labute approximate surface area is 186 Å². The lowest BCUT2D eigenvalue weighted by Gasteiger charge is -2.30. The van der Waals surface area contributed by atoms with Crippen molar-refractivity contribution in [3.63, 3.8) is 0 Å². The number of hydrogen-bond acceptors (Lipinski definition) is 4. The van der Waals surface area contributed by atoms with Gasteiger partial charge in [-0.2, -0.15) is 4.31 Å². The van der Waals surface area contributed by atoms with E-state index in [4.69, 9.17) is 23.2 Å². The zero-order valence-corrected chi connectivity index (χ0v) is 19.1. The molecule has 2 aromatic rings. The Balaban J connectivity index is 2.24. The van der Waals surface area contributed by atoms with Gasteiger partial charge >= 0.3 is 0 Å². The summed E-state index contributed by atoms with van der Waals surface area (Å²) in [4.78, 5) is 26.5. The molecule has 0 aromatic heterocycles. The number of halogens is 2. The van der Waals surface area contributed by atoms with E-state index in [1.807, 2.05) is 0 Å². The normalized spacial score (nSPS) is 12.5. The number of likely N-dealkylation sites (N-methyl/N-ethyl adjacent to an activating group) is 2. The molecule has 0 radical (unpaired) electrons. The van der Waals surface area contributed by atoms with Crippen LogP contribution in [0.2, 0.25) is 10.0 Å². The van der Waals surface area contributed by atoms with Crippen LogP contribution in [0.3, 0.4) is 0 Å². The third-order valence-electron chi connectivity index (χ3n) is 4.56. The van der Waals surface area contributed by atoms with Crippen molar-refractivity contribution >= 4 is 45.0 Å². The Morgan fingerprint density at radius 3 is 2.00 bits per heavy atom. The first-order valence-electron chi connectivity index (χ1n) is 9.03. The highest BCUT2D eigenvalue weighted by molar-refractivity contribution is 7.89. The van der Waals surface area contributed by atoms with Crippen LogP contribution >= 0.6 is 23.2 Å². The van der Waals surface area contributed by atoms with Gasteiger partial charge in [-0.05, 0) is 48.9 Å². The molecule has 2 amide bonds. The van der Waals surface area contributed by atoms with E-state index in [9.17, 15) is 18.0 Å². The van der Waals surface area contributed by atoms with Crippen LogP contribution in [-0.4, -0.2) is 56.1 Å². The number of rotatable bonds is 8. The molecular formula is C20H23Cl2N3O4S. The van der Waals surface area contributed by atoms with Crippen molar-refractivity contribution in [3.05, 3.63) is 64.1 Å². The van der Waals surface area contributed by atoms with Crippen LogP contribution in [0.15, 0.2) is 53.4 Å². The summed E-state index contributed by atoms with van der Waals surface area (Å²) in [5.74, 6) is -0.874. The molecule has 1 atom stereocenters. The molecule has 0 saturated carbocycles. The third-order valence-corrected chi connectivity index (χ3v) is 6.88. The Morgan fingerprint density at radius 2 is 1.50 bits per heavy atom. The molecule has 0 spiro atoms. The Hall–Kier alpha value is -2.13. The van der Waals surface area contributed by atoms with Crippen LogP contribution in [0.1, 0.15) is 12.5 Å². The molecule has 0 aliphatic heterocycles. The highest BCUT2D eigenvalue weighted by Crippen LogP contribution is 2.19. The molecule has 1 N–H and O–H groups in total. The molecule has 30 heavy (non-hydrogen) atoms. The van der Waals surface area contributed by atoms with Crippen LogP contribution in [0.4, 0.5) is 0 Å². The summed E-state index contributed by atoms with van der Waals surface area (Å²) in [5, 5.41) is 3.46. The van der Waals surface area contributed by atoms with Gasteiger partial charge in [0.1, 0.15) is 6.04 Å². The fourth-order valence-corrected chi connectivity index (χ4v) is 4.10. The molecule has 0 aliphatic carbocycles.